The number of unbranched alkanes of at least 4 members (excludes halogenated alkanes) is 1. The highest BCUT2D eigenvalue weighted by Crippen LogP contribution is 2.32. The fourth-order valence-electron chi connectivity index (χ4n) is 2.22. The summed E-state index contributed by atoms with van der Waals surface area (Å²) < 4.78 is 10.3. The summed E-state index contributed by atoms with van der Waals surface area (Å²) in [5, 5.41) is -0.470. The molecule has 6 nitrogen and oxygen atoms in total. The number of aryl methyl sites for hydroxylation is 1. The van der Waals surface area contributed by atoms with Crippen molar-refractivity contribution in [1.29, 1.82) is 0 Å². The van der Waals surface area contributed by atoms with Gasteiger partial charge in [0, 0.05) is 0 Å². The predicted molar refractivity (Wildman–Crippen MR) is 96.3 cm³/mol. The van der Waals surface area contributed by atoms with E-state index in [0.29, 0.717) is 12.4 Å². The lowest BCUT2D eigenvalue weighted by atomic mass is 10.1. The van der Waals surface area contributed by atoms with Gasteiger partial charge in [-0.3, -0.25) is 19.3 Å². The van der Waals surface area contributed by atoms with Crippen molar-refractivity contribution in [3.05, 3.63) is 34.2 Å². The van der Waals surface area contributed by atoms with Crippen LogP contribution in [0.5, 0.6) is 5.75 Å². The van der Waals surface area contributed by atoms with Gasteiger partial charge in [0.15, 0.2) is 0 Å². The second-order valence-electron chi connectivity index (χ2n) is 5.57. The summed E-state index contributed by atoms with van der Waals surface area (Å²) in [4.78, 5) is 37.3. The molecule has 25 heavy (non-hydrogen) atoms. The molecule has 0 spiro atoms. The number of nitrogens with zero attached hydrogens (tertiary/aromatic N) is 1. The lowest BCUT2D eigenvalue weighted by Crippen LogP contribution is -2.34. The highest BCUT2D eigenvalue weighted by atomic mass is 32.2. The summed E-state index contributed by atoms with van der Waals surface area (Å²) in [6, 6.07) is 5.51. The number of esters is 1. The first kappa shape index (κ1) is 19.1. The second kappa shape index (κ2) is 8.71. The number of methoxy groups -OCH3 is 1. The van der Waals surface area contributed by atoms with Gasteiger partial charge in [0.1, 0.15) is 12.3 Å². The maximum absolute atomic E-state index is 12.4. The van der Waals surface area contributed by atoms with E-state index in [1.807, 2.05) is 26.0 Å². The maximum atomic E-state index is 12.4. The van der Waals surface area contributed by atoms with Crippen molar-refractivity contribution in [3.63, 3.8) is 0 Å². The summed E-state index contributed by atoms with van der Waals surface area (Å²) >= 11 is 0.815. The quantitative estimate of drug-likeness (QED) is 0.420. The Morgan fingerprint density at radius 3 is 2.76 bits per heavy atom. The molecule has 7 heteroatoms. The van der Waals surface area contributed by atoms with Crippen LogP contribution in [0.4, 0.5) is 4.79 Å². The molecule has 0 aliphatic carbocycles. The molecule has 0 atom stereocenters. The van der Waals surface area contributed by atoms with E-state index in [-0.39, 0.29) is 11.4 Å². The van der Waals surface area contributed by atoms with E-state index in [0.717, 1.165) is 40.6 Å². The Morgan fingerprint density at radius 2 is 2.08 bits per heavy atom. The number of rotatable bonds is 7. The lowest BCUT2D eigenvalue weighted by molar-refractivity contribution is -0.146. The van der Waals surface area contributed by atoms with E-state index in [9.17, 15) is 14.4 Å². The van der Waals surface area contributed by atoms with Gasteiger partial charge in [-0.15, -0.1) is 0 Å². The van der Waals surface area contributed by atoms with Crippen LogP contribution in [-0.2, 0) is 14.3 Å². The summed E-state index contributed by atoms with van der Waals surface area (Å²) in [7, 11) is 1.57. The third kappa shape index (κ3) is 4.85. The van der Waals surface area contributed by atoms with Crippen LogP contribution in [0.25, 0.3) is 6.08 Å². The van der Waals surface area contributed by atoms with Crippen molar-refractivity contribution in [2.75, 3.05) is 20.3 Å². The first-order valence-electron chi connectivity index (χ1n) is 8.02. The van der Waals surface area contributed by atoms with E-state index in [1.165, 1.54) is 0 Å². The lowest BCUT2D eigenvalue weighted by Gasteiger charge is -2.11. The number of imide groups is 1. The zero-order valence-corrected chi connectivity index (χ0v) is 15.4. The smallest absolute Gasteiger partial charge is 0.326 e. The van der Waals surface area contributed by atoms with E-state index >= 15 is 0 Å². The van der Waals surface area contributed by atoms with E-state index in [2.05, 4.69) is 0 Å². The van der Waals surface area contributed by atoms with Crippen LogP contribution >= 0.6 is 11.8 Å². The van der Waals surface area contributed by atoms with Gasteiger partial charge in [0.2, 0.25) is 0 Å². The molecule has 1 aliphatic rings. The number of hydrogen-bond acceptors (Lipinski definition) is 6. The predicted octanol–water partition coefficient (Wildman–Crippen LogP) is 3.38. The Labute approximate surface area is 151 Å². The number of carbonyl (C=O) groups excluding carboxylic acids is 3. The Hall–Kier alpha value is -2.28. The van der Waals surface area contributed by atoms with Crippen LogP contribution < -0.4 is 4.74 Å². The average Bonchev–Trinajstić information content (AvgIpc) is 2.84. The standard InChI is InChI=1S/C18H21NO5S/c1-4-5-8-24-16(20)11-19-17(21)15(25-18(19)22)10-13-7-6-12(2)14(9-13)23-3/h6-7,9-10H,4-5,8,11H2,1-3H3/b15-10+. The molecule has 1 aromatic carbocycles. The van der Waals surface area contributed by atoms with Crippen molar-refractivity contribution < 1.29 is 23.9 Å². The monoisotopic (exact) mass is 363 g/mol. The van der Waals surface area contributed by atoms with Gasteiger partial charge in [-0.05, 0) is 48.4 Å². The van der Waals surface area contributed by atoms with Gasteiger partial charge in [0.25, 0.3) is 11.1 Å². The normalized spacial score (nSPS) is 15.8. The zero-order valence-electron chi connectivity index (χ0n) is 14.5. The first-order valence-corrected chi connectivity index (χ1v) is 8.83. The molecule has 0 aromatic heterocycles. The van der Waals surface area contributed by atoms with Gasteiger partial charge >= 0.3 is 5.97 Å². The van der Waals surface area contributed by atoms with Crippen molar-refractivity contribution in [2.24, 2.45) is 0 Å². The van der Waals surface area contributed by atoms with Gasteiger partial charge in [-0.25, -0.2) is 0 Å². The topological polar surface area (TPSA) is 72.9 Å². The van der Waals surface area contributed by atoms with Crippen molar-refractivity contribution >= 4 is 35.0 Å². The molecule has 1 fully saturated rings. The molecule has 0 unspecified atom stereocenters. The minimum absolute atomic E-state index is 0.275. The summed E-state index contributed by atoms with van der Waals surface area (Å²) in [5.74, 6) is -0.358. The molecular weight excluding hydrogens is 342 g/mol. The van der Waals surface area contributed by atoms with Crippen molar-refractivity contribution in [2.45, 2.75) is 26.7 Å². The molecule has 0 bridgehead atoms. The van der Waals surface area contributed by atoms with E-state index in [4.69, 9.17) is 9.47 Å². The Kier molecular flexibility index (Phi) is 6.64. The fraction of sp³-hybridized carbons (Fsp3) is 0.389. The van der Waals surface area contributed by atoms with Crippen LogP contribution in [0, 0.1) is 6.92 Å². The largest absolute Gasteiger partial charge is 0.496 e. The van der Waals surface area contributed by atoms with Crippen LogP contribution in [0.3, 0.4) is 0 Å². The number of amides is 2. The van der Waals surface area contributed by atoms with Gasteiger partial charge in [-0.2, -0.15) is 0 Å². The third-order valence-electron chi connectivity index (χ3n) is 3.65. The molecule has 0 radical (unpaired) electrons. The number of hydrogen-bond donors (Lipinski definition) is 0. The van der Waals surface area contributed by atoms with E-state index in [1.54, 1.807) is 19.3 Å². The molecule has 134 valence electrons. The second-order valence-corrected chi connectivity index (χ2v) is 6.56. The molecule has 1 saturated heterocycles. The molecule has 2 amide bonds. The Bertz CT molecular complexity index is 713. The van der Waals surface area contributed by atoms with Crippen LogP contribution in [-0.4, -0.2) is 42.3 Å². The SMILES string of the molecule is CCCCOC(=O)CN1C(=O)S/C(=C/c2ccc(C)c(OC)c2)C1=O. The van der Waals surface area contributed by atoms with Gasteiger partial charge in [-0.1, -0.05) is 25.5 Å². The molecule has 0 N–H and O–H groups in total. The zero-order chi connectivity index (χ0) is 18.4. The Morgan fingerprint density at radius 1 is 1.32 bits per heavy atom. The number of thioether (sulfide) groups is 1. The third-order valence-corrected chi connectivity index (χ3v) is 4.56. The highest BCUT2D eigenvalue weighted by Gasteiger charge is 2.36. The van der Waals surface area contributed by atoms with Crippen molar-refractivity contribution in [1.82, 2.24) is 4.90 Å². The molecular formula is C18H21NO5S. The maximum Gasteiger partial charge on any atom is 0.326 e. The molecule has 1 aromatic rings. The number of carbonyl (C=O) groups is 3. The summed E-state index contributed by atoms with van der Waals surface area (Å²) in [6.07, 6.45) is 3.27. The summed E-state index contributed by atoms with van der Waals surface area (Å²) in [6.45, 7) is 3.84. The minimum atomic E-state index is -0.575. The number of ether oxygens (including phenoxy) is 2. The van der Waals surface area contributed by atoms with Gasteiger partial charge < -0.3 is 9.47 Å². The highest BCUT2D eigenvalue weighted by molar-refractivity contribution is 8.18. The minimum Gasteiger partial charge on any atom is -0.496 e. The number of benzene rings is 1. The molecule has 0 saturated carbocycles. The molecule has 1 heterocycles. The fourth-order valence-corrected chi connectivity index (χ4v) is 3.06. The van der Waals surface area contributed by atoms with Crippen molar-refractivity contribution in [3.8, 4) is 5.75 Å². The summed E-state index contributed by atoms with van der Waals surface area (Å²) in [5.41, 5.74) is 1.72. The van der Waals surface area contributed by atoms with Crippen LogP contribution in [0.2, 0.25) is 0 Å². The molecule has 2 rings (SSSR count). The van der Waals surface area contributed by atoms with Crippen LogP contribution in [0.1, 0.15) is 30.9 Å². The van der Waals surface area contributed by atoms with E-state index < -0.39 is 17.1 Å². The van der Waals surface area contributed by atoms with Crippen LogP contribution in [0.15, 0.2) is 23.1 Å². The van der Waals surface area contributed by atoms with Gasteiger partial charge in [0.05, 0.1) is 18.6 Å². The first-order chi connectivity index (χ1) is 12.0. The molecule has 1 aliphatic heterocycles. The Balaban J connectivity index is 2.08. The average molecular weight is 363 g/mol.